The average molecular weight is 235 g/mol. The van der Waals surface area contributed by atoms with E-state index >= 15 is 0 Å². The molecule has 1 heterocycles. The van der Waals surface area contributed by atoms with Crippen molar-refractivity contribution in [3.05, 3.63) is 30.4 Å². The number of hydrogen-bond acceptors (Lipinski definition) is 4. The van der Waals surface area contributed by atoms with Gasteiger partial charge in [0.25, 0.3) is 0 Å². The Hall–Kier alpha value is -2.17. The second kappa shape index (κ2) is 4.37. The van der Waals surface area contributed by atoms with Gasteiger partial charge in [-0.1, -0.05) is 12.7 Å². The Morgan fingerprint density at radius 1 is 1.47 bits per heavy atom. The van der Waals surface area contributed by atoms with Crippen LogP contribution in [0.25, 0.3) is 0 Å². The number of hydrogen-bond donors (Lipinski definition) is 2. The van der Waals surface area contributed by atoms with E-state index in [9.17, 15) is 15.0 Å². The largest absolute Gasteiger partial charge is 0.504 e. The van der Waals surface area contributed by atoms with Gasteiger partial charge in [0.1, 0.15) is 6.61 Å². The van der Waals surface area contributed by atoms with E-state index in [0.29, 0.717) is 18.7 Å². The number of nitrogens with zero attached hydrogens (tertiary/aromatic N) is 1. The van der Waals surface area contributed by atoms with Crippen LogP contribution in [0.4, 0.5) is 10.5 Å². The Morgan fingerprint density at radius 2 is 2.18 bits per heavy atom. The highest BCUT2D eigenvalue weighted by Gasteiger charge is 2.27. The first kappa shape index (κ1) is 11.3. The molecule has 0 unspecified atom stereocenters. The minimum Gasteiger partial charge on any atom is -0.504 e. The zero-order valence-electron chi connectivity index (χ0n) is 9.22. The van der Waals surface area contributed by atoms with Crippen LogP contribution < -0.4 is 4.90 Å². The number of anilines is 1. The molecule has 90 valence electrons. The second-order valence-electron chi connectivity index (χ2n) is 3.74. The summed E-state index contributed by atoms with van der Waals surface area (Å²) < 4.78 is 4.93. The summed E-state index contributed by atoms with van der Waals surface area (Å²) in [6.45, 7) is 4.09. The predicted octanol–water partition coefficient (Wildman–Crippen LogP) is 1.78. The molecule has 0 radical (unpaired) electrons. The van der Waals surface area contributed by atoms with Crippen molar-refractivity contribution in [2.24, 2.45) is 0 Å². The van der Waals surface area contributed by atoms with Crippen molar-refractivity contribution in [3.63, 3.8) is 0 Å². The monoisotopic (exact) mass is 235 g/mol. The molecule has 1 aliphatic heterocycles. The molecule has 2 rings (SSSR count). The molecule has 5 nitrogen and oxygen atoms in total. The zero-order valence-corrected chi connectivity index (χ0v) is 9.22. The quantitative estimate of drug-likeness (QED) is 0.605. The molecule has 0 bridgehead atoms. The van der Waals surface area contributed by atoms with Crippen molar-refractivity contribution in [3.8, 4) is 11.5 Å². The molecule has 1 aromatic rings. The van der Waals surface area contributed by atoms with Crippen LogP contribution in [0.15, 0.2) is 24.8 Å². The van der Waals surface area contributed by atoms with Crippen molar-refractivity contribution < 1.29 is 19.7 Å². The van der Waals surface area contributed by atoms with Crippen LogP contribution in [0.2, 0.25) is 0 Å². The normalized spacial score (nSPS) is 13.3. The van der Waals surface area contributed by atoms with Gasteiger partial charge in [-0.15, -0.1) is 0 Å². The average Bonchev–Trinajstić information content (AvgIpc) is 2.69. The summed E-state index contributed by atoms with van der Waals surface area (Å²) in [5, 5.41) is 18.8. The molecule has 0 aromatic heterocycles. The highest BCUT2D eigenvalue weighted by atomic mass is 16.6. The maximum Gasteiger partial charge on any atom is 0.414 e. The number of fused-ring (bicyclic) bond motifs is 1. The minimum atomic E-state index is -0.478. The third-order valence-electron chi connectivity index (χ3n) is 2.62. The third kappa shape index (κ3) is 2.04. The van der Waals surface area contributed by atoms with E-state index < -0.39 is 6.09 Å². The molecular formula is C12H13NO4. The first-order valence-electron chi connectivity index (χ1n) is 5.23. The molecule has 0 saturated carbocycles. The Morgan fingerprint density at radius 3 is 2.88 bits per heavy atom. The summed E-state index contributed by atoms with van der Waals surface area (Å²) >= 11 is 0. The van der Waals surface area contributed by atoms with Gasteiger partial charge in [0.2, 0.25) is 0 Å². The Labute approximate surface area is 98.5 Å². The third-order valence-corrected chi connectivity index (χ3v) is 2.62. The van der Waals surface area contributed by atoms with E-state index in [1.54, 1.807) is 0 Å². The Balaban J connectivity index is 2.24. The van der Waals surface area contributed by atoms with Gasteiger partial charge in [-0.2, -0.15) is 0 Å². The van der Waals surface area contributed by atoms with Gasteiger partial charge < -0.3 is 14.9 Å². The Kier molecular flexibility index (Phi) is 2.91. The van der Waals surface area contributed by atoms with Crippen LogP contribution in [0.1, 0.15) is 5.56 Å². The summed E-state index contributed by atoms with van der Waals surface area (Å²) in [6.07, 6.45) is 1.64. The van der Waals surface area contributed by atoms with Crippen molar-refractivity contribution in [2.45, 2.75) is 6.42 Å². The molecule has 1 amide bonds. The van der Waals surface area contributed by atoms with E-state index in [0.717, 1.165) is 5.56 Å². The van der Waals surface area contributed by atoms with E-state index in [2.05, 4.69) is 6.58 Å². The molecule has 1 aromatic carbocycles. The molecular weight excluding hydrogens is 222 g/mol. The number of benzene rings is 1. The number of carbonyl (C=O) groups excluding carboxylic acids is 1. The van der Waals surface area contributed by atoms with Gasteiger partial charge >= 0.3 is 6.09 Å². The SMILES string of the molecule is C=CCOC(=O)N1CCc2cc(O)c(O)cc21. The maximum absolute atomic E-state index is 11.7. The summed E-state index contributed by atoms with van der Waals surface area (Å²) in [4.78, 5) is 13.1. The molecule has 0 saturated heterocycles. The number of ether oxygens (including phenoxy) is 1. The van der Waals surface area contributed by atoms with Crippen LogP contribution in [0.5, 0.6) is 11.5 Å². The molecule has 0 spiro atoms. The fourth-order valence-corrected chi connectivity index (χ4v) is 1.81. The van der Waals surface area contributed by atoms with E-state index in [1.807, 2.05) is 0 Å². The van der Waals surface area contributed by atoms with Crippen molar-refractivity contribution in [1.29, 1.82) is 0 Å². The number of amides is 1. The highest BCUT2D eigenvalue weighted by molar-refractivity contribution is 5.91. The van der Waals surface area contributed by atoms with Crippen molar-refractivity contribution in [2.75, 3.05) is 18.1 Å². The minimum absolute atomic E-state index is 0.148. The number of phenolic OH excluding ortho intramolecular Hbond substituents is 2. The first-order chi connectivity index (χ1) is 8.13. The summed E-state index contributed by atoms with van der Waals surface area (Å²) in [5.74, 6) is -0.419. The molecule has 0 atom stereocenters. The fourth-order valence-electron chi connectivity index (χ4n) is 1.81. The summed E-state index contributed by atoms with van der Waals surface area (Å²) in [5.41, 5.74) is 1.39. The molecule has 2 N–H and O–H groups in total. The van der Waals surface area contributed by atoms with Gasteiger partial charge in [0, 0.05) is 12.6 Å². The maximum atomic E-state index is 11.7. The van der Waals surface area contributed by atoms with Gasteiger partial charge in [-0.3, -0.25) is 4.90 Å². The summed E-state index contributed by atoms with van der Waals surface area (Å²) in [7, 11) is 0. The fraction of sp³-hybridized carbons (Fsp3) is 0.250. The lowest BCUT2D eigenvalue weighted by Crippen LogP contribution is -2.29. The number of carbonyl (C=O) groups is 1. The second-order valence-corrected chi connectivity index (χ2v) is 3.74. The zero-order chi connectivity index (χ0) is 12.4. The lowest BCUT2D eigenvalue weighted by atomic mass is 10.1. The van der Waals surface area contributed by atoms with E-state index in [-0.39, 0.29) is 18.1 Å². The van der Waals surface area contributed by atoms with Crippen LogP contribution in [0.3, 0.4) is 0 Å². The van der Waals surface area contributed by atoms with Crippen molar-refractivity contribution in [1.82, 2.24) is 0 Å². The topological polar surface area (TPSA) is 70.0 Å². The molecule has 5 heteroatoms. The first-order valence-corrected chi connectivity index (χ1v) is 5.23. The van der Waals surface area contributed by atoms with Crippen molar-refractivity contribution >= 4 is 11.8 Å². The lowest BCUT2D eigenvalue weighted by molar-refractivity contribution is 0.166. The Bertz CT molecular complexity index is 470. The van der Waals surface area contributed by atoms with Crippen LogP contribution >= 0.6 is 0 Å². The molecule has 0 aliphatic carbocycles. The number of aromatic hydroxyl groups is 2. The number of phenols is 2. The molecule has 17 heavy (non-hydrogen) atoms. The molecule has 1 aliphatic rings. The van der Waals surface area contributed by atoms with Crippen LogP contribution in [-0.4, -0.2) is 29.5 Å². The standard InChI is InChI=1S/C12H13NO4/c1-2-5-17-12(16)13-4-3-8-6-10(14)11(15)7-9(8)13/h2,6-7,14-15H,1,3-5H2. The lowest BCUT2D eigenvalue weighted by Gasteiger charge is -2.16. The van der Waals surface area contributed by atoms with Gasteiger partial charge in [-0.05, 0) is 18.1 Å². The number of rotatable bonds is 2. The molecule has 0 fully saturated rings. The highest BCUT2D eigenvalue weighted by Crippen LogP contribution is 2.37. The van der Waals surface area contributed by atoms with E-state index in [1.165, 1.54) is 23.1 Å². The van der Waals surface area contributed by atoms with Gasteiger partial charge in [0.05, 0.1) is 5.69 Å². The van der Waals surface area contributed by atoms with E-state index in [4.69, 9.17) is 4.74 Å². The predicted molar refractivity (Wildman–Crippen MR) is 62.4 cm³/mol. The summed E-state index contributed by atoms with van der Waals surface area (Å²) in [6, 6.07) is 2.83. The smallest absolute Gasteiger partial charge is 0.414 e. The van der Waals surface area contributed by atoms with Crippen LogP contribution in [-0.2, 0) is 11.2 Å². The van der Waals surface area contributed by atoms with Crippen LogP contribution in [0, 0.1) is 0 Å². The van der Waals surface area contributed by atoms with Gasteiger partial charge in [0.15, 0.2) is 11.5 Å². The van der Waals surface area contributed by atoms with Gasteiger partial charge in [-0.25, -0.2) is 4.79 Å².